The highest BCUT2D eigenvalue weighted by molar-refractivity contribution is 6.05. The van der Waals surface area contributed by atoms with Crippen molar-refractivity contribution in [3.05, 3.63) is 72.3 Å². The van der Waals surface area contributed by atoms with E-state index in [4.69, 9.17) is 0 Å². The second kappa shape index (κ2) is 8.39. The molecule has 2 unspecified atom stereocenters. The molecule has 31 heavy (non-hydrogen) atoms. The fourth-order valence-electron chi connectivity index (χ4n) is 3.45. The Hall–Kier alpha value is -4.01. The summed E-state index contributed by atoms with van der Waals surface area (Å²) < 4.78 is 15.0. The van der Waals surface area contributed by atoms with Crippen molar-refractivity contribution < 1.29 is 18.8 Å². The SMILES string of the molecule is CC(C(=O)Nc1cccc(NC(=O)C2CC(=O)Nc3cc(F)ccc32)c1)n1cccn1. The van der Waals surface area contributed by atoms with Crippen LogP contribution in [-0.4, -0.2) is 27.5 Å². The predicted octanol–water partition coefficient (Wildman–Crippen LogP) is 3.29. The van der Waals surface area contributed by atoms with E-state index in [0.717, 1.165) is 0 Å². The van der Waals surface area contributed by atoms with Gasteiger partial charge in [-0.3, -0.25) is 19.1 Å². The van der Waals surface area contributed by atoms with Gasteiger partial charge in [0.25, 0.3) is 0 Å². The van der Waals surface area contributed by atoms with Crippen molar-refractivity contribution in [2.24, 2.45) is 0 Å². The normalized spacial score (nSPS) is 16.1. The molecule has 0 fully saturated rings. The number of hydrogen-bond donors (Lipinski definition) is 3. The van der Waals surface area contributed by atoms with Gasteiger partial charge in [-0.05, 0) is 48.9 Å². The molecule has 158 valence electrons. The van der Waals surface area contributed by atoms with Gasteiger partial charge in [-0.25, -0.2) is 4.39 Å². The number of aromatic nitrogens is 2. The summed E-state index contributed by atoms with van der Waals surface area (Å²) in [5, 5.41) is 12.2. The van der Waals surface area contributed by atoms with Crippen LogP contribution in [0.3, 0.4) is 0 Å². The molecule has 8 nitrogen and oxygen atoms in total. The molecule has 1 aliphatic heterocycles. The first kappa shape index (κ1) is 20.3. The molecule has 2 aromatic carbocycles. The number of nitrogens with one attached hydrogen (secondary N) is 3. The molecular formula is C22H20FN5O3. The third-order valence-corrected chi connectivity index (χ3v) is 5.07. The van der Waals surface area contributed by atoms with E-state index in [2.05, 4.69) is 21.0 Å². The van der Waals surface area contributed by atoms with Crippen molar-refractivity contribution in [2.75, 3.05) is 16.0 Å². The van der Waals surface area contributed by atoms with Crippen LogP contribution in [0.25, 0.3) is 0 Å². The van der Waals surface area contributed by atoms with Crippen molar-refractivity contribution in [2.45, 2.75) is 25.3 Å². The first-order valence-electron chi connectivity index (χ1n) is 9.71. The van der Waals surface area contributed by atoms with Gasteiger partial charge in [0.1, 0.15) is 11.9 Å². The zero-order valence-corrected chi connectivity index (χ0v) is 16.6. The molecule has 0 bridgehead atoms. The Morgan fingerprint density at radius 3 is 2.68 bits per heavy atom. The van der Waals surface area contributed by atoms with Crippen LogP contribution in [0.15, 0.2) is 60.9 Å². The van der Waals surface area contributed by atoms with Crippen molar-refractivity contribution in [3.8, 4) is 0 Å². The van der Waals surface area contributed by atoms with Crippen LogP contribution in [0.4, 0.5) is 21.5 Å². The average molecular weight is 421 g/mol. The molecule has 0 spiro atoms. The molecule has 0 saturated carbocycles. The number of rotatable bonds is 5. The highest BCUT2D eigenvalue weighted by atomic mass is 19.1. The molecule has 2 atom stereocenters. The second-order valence-electron chi connectivity index (χ2n) is 7.26. The van der Waals surface area contributed by atoms with Crippen LogP contribution in [-0.2, 0) is 14.4 Å². The van der Waals surface area contributed by atoms with E-state index in [1.807, 2.05) is 0 Å². The fraction of sp³-hybridized carbons (Fsp3) is 0.182. The topological polar surface area (TPSA) is 105 Å². The monoisotopic (exact) mass is 421 g/mol. The van der Waals surface area contributed by atoms with E-state index < -0.39 is 23.7 Å². The largest absolute Gasteiger partial charge is 0.326 e. The van der Waals surface area contributed by atoms with Crippen LogP contribution in [0.1, 0.15) is 30.9 Å². The average Bonchev–Trinajstić information content (AvgIpc) is 3.27. The van der Waals surface area contributed by atoms with E-state index in [9.17, 15) is 18.8 Å². The van der Waals surface area contributed by atoms with Crippen LogP contribution in [0, 0.1) is 5.82 Å². The van der Waals surface area contributed by atoms with E-state index >= 15 is 0 Å². The third kappa shape index (κ3) is 4.45. The minimum absolute atomic E-state index is 0.0394. The van der Waals surface area contributed by atoms with Gasteiger partial charge in [0.05, 0.1) is 5.92 Å². The van der Waals surface area contributed by atoms with Gasteiger partial charge in [-0.15, -0.1) is 0 Å². The number of benzene rings is 2. The van der Waals surface area contributed by atoms with Crippen LogP contribution in [0.2, 0.25) is 0 Å². The Balaban J connectivity index is 1.47. The Bertz CT molecular complexity index is 1150. The zero-order chi connectivity index (χ0) is 22.0. The van der Waals surface area contributed by atoms with Gasteiger partial charge >= 0.3 is 0 Å². The van der Waals surface area contributed by atoms with Crippen molar-refractivity contribution >= 4 is 34.8 Å². The molecule has 0 radical (unpaired) electrons. The molecule has 0 saturated heterocycles. The van der Waals surface area contributed by atoms with Crippen molar-refractivity contribution in [1.82, 2.24) is 9.78 Å². The van der Waals surface area contributed by atoms with Gasteiger partial charge < -0.3 is 16.0 Å². The molecule has 1 aromatic heterocycles. The molecule has 3 N–H and O–H groups in total. The van der Waals surface area contributed by atoms with Crippen molar-refractivity contribution in [3.63, 3.8) is 0 Å². The number of carbonyl (C=O) groups is 3. The lowest BCUT2D eigenvalue weighted by atomic mass is 9.89. The summed E-state index contributed by atoms with van der Waals surface area (Å²) in [6.45, 7) is 1.72. The van der Waals surface area contributed by atoms with Crippen LogP contribution in [0.5, 0.6) is 0 Å². The maximum Gasteiger partial charge on any atom is 0.248 e. The summed E-state index contributed by atoms with van der Waals surface area (Å²) in [4.78, 5) is 37.3. The Morgan fingerprint density at radius 2 is 1.94 bits per heavy atom. The Morgan fingerprint density at radius 1 is 1.16 bits per heavy atom. The molecule has 4 rings (SSSR count). The van der Waals surface area contributed by atoms with E-state index in [0.29, 0.717) is 22.6 Å². The van der Waals surface area contributed by atoms with E-state index in [1.54, 1.807) is 49.6 Å². The molecule has 3 aromatic rings. The lowest BCUT2D eigenvalue weighted by Crippen LogP contribution is -2.31. The van der Waals surface area contributed by atoms with E-state index in [1.165, 1.54) is 22.9 Å². The summed E-state index contributed by atoms with van der Waals surface area (Å²) in [5.41, 5.74) is 1.82. The summed E-state index contributed by atoms with van der Waals surface area (Å²) in [7, 11) is 0. The summed E-state index contributed by atoms with van der Waals surface area (Å²) in [6.07, 6.45) is 3.26. The Kier molecular flexibility index (Phi) is 5.48. The zero-order valence-electron chi connectivity index (χ0n) is 16.6. The standard InChI is InChI=1S/C22H20FN5O3/c1-13(28-9-3-8-24-28)21(30)25-15-4-2-5-16(11-15)26-22(31)18-12-20(29)27-19-10-14(23)6-7-17(18)19/h2-11,13,18H,12H2,1H3,(H,25,30)(H,26,31)(H,27,29). The maximum absolute atomic E-state index is 13.5. The quantitative estimate of drug-likeness (QED) is 0.588. The van der Waals surface area contributed by atoms with Gasteiger partial charge in [0.15, 0.2) is 0 Å². The number of hydrogen-bond acceptors (Lipinski definition) is 4. The highest BCUT2D eigenvalue weighted by Gasteiger charge is 2.31. The van der Waals surface area contributed by atoms with Gasteiger partial charge in [-0.1, -0.05) is 12.1 Å². The molecule has 3 amide bonds. The fourth-order valence-corrected chi connectivity index (χ4v) is 3.45. The third-order valence-electron chi connectivity index (χ3n) is 5.07. The number of carbonyl (C=O) groups excluding carboxylic acids is 3. The number of anilines is 3. The maximum atomic E-state index is 13.5. The summed E-state index contributed by atoms with van der Waals surface area (Å²) in [6, 6.07) is 11.9. The smallest absolute Gasteiger partial charge is 0.248 e. The predicted molar refractivity (Wildman–Crippen MR) is 113 cm³/mol. The molecular weight excluding hydrogens is 401 g/mol. The Labute approximate surface area is 177 Å². The number of nitrogens with zero attached hydrogens (tertiary/aromatic N) is 2. The van der Waals surface area contributed by atoms with Crippen LogP contribution < -0.4 is 16.0 Å². The molecule has 2 heterocycles. The minimum atomic E-state index is -0.748. The number of fused-ring (bicyclic) bond motifs is 1. The van der Waals surface area contributed by atoms with Gasteiger partial charge in [-0.2, -0.15) is 5.10 Å². The van der Waals surface area contributed by atoms with Gasteiger partial charge in [0, 0.05) is 35.9 Å². The minimum Gasteiger partial charge on any atom is -0.326 e. The lowest BCUT2D eigenvalue weighted by Gasteiger charge is -2.25. The lowest BCUT2D eigenvalue weighted by molar-refractivity contribution is -0.123. The molecule has 1 aliphatic rings. The number of halogens is 1. The van der Waals surface area contributed by atoms with E-state index in [-0.39, 0.29) is 18.2 Å². The van der Waals surface area contributed by atoms with Crippen LogP contribution >= 0.6 is 0 Å². The summed E-state index contributed by atoms with van der Waals surface area (Å²) in [5.74, 6) is -2.25. The second-order valence-corrected chi connectivity index (χ2v) is 7.26. The first-order valence-corrected chi connectivity index (χ1v) is 9.71. The summed E-state index contributed by atoms with van der Waals surface area (Å²) >= 11 is 0. The first-order chi connectivity index (χ1) is 14.9. The highest BCUT2D eigenvalue weighted by Crippen LogP contribution is 2.33. The van der Waals surface area contributed by atoms with Crippen molar-refractivity contribution in [1.29, 1.82) is 0 Å². The number of amides is 3. The molecule has 9 heteroatoms. The van der Waals surface area contributed by atoms with Gasteiger partial charge in [0.2, 0.25) is 17.7 Å². The molecule has 0 aliphatic carbocycles.